The highest BCUT2D eigenvalue weighted by Crippen LogP contribution is 2.43. The van der Waals surface area contributed by atoms with Gasteiger partial charge in [0.1, 0.15) is 6.61 Å². The monoisotopic (exact) mass is 525 g/mol. The largest absolute Gasteiger partial charge is 0.463 e. The fraction of sp³-hybridized carbons (Fsp3) is 0.394. The highest BCUT2D eigenvalue weighted by molar-refractivity contribution is 5.80. The third-order valence-corrected chi connectivity index (χ3v) is 7.82. The first-order chi connectivity index (χ1) is 18.9. The van der Waals surface area contributed by atoms with Crippen LogP contribution in [0.5, 0.6) is 0 Å². The van der Waals surface area contributed by atoms with E-state index < -0.39 is 0 Å². The molecule has 6 heteroatoms. The van der Waals surface area contributed by atoms with Crippen molar-refractivity contribution in [3.8, 4) is 0 Å². The Hall–Kier alpha value is -3.80. The number of carbonyl (C=O) groups is 2. The first-order valence-corrected chi connectivity index (χ1v) is 14.0. The highest BCUT2D eigenvalue weighted by Gasteiger charge is 2.36. The van der Waals surface area contributed by atoms with Gasteiger partial charge in [-0.15, -0.1) is 0 Å². The van der Waals surface area contributed by atoms with E-state index in [0.717, 1.165) is 17.8 Å². The van der Waals surface area contributed by atoms with Crippen LogP contribution < -0.4 is 10.6 Å². The standard InChI is InChI=1S/C33H39N3O3/c1-22-8-12-25(13-9-22)18-29(21-39-33(38)28-19-36(20-28)24(3)37)34-30-6-4-5-7-31(30)35-32(27-16-17-27)26-14-10-23(2)11-15-26/h4-15,27-29,32,34-35H,16-21H2,1-3H3. The van der Waals surface area contributed by atoms with Crippen molar-refractivity contribution in [3.63, 3.8) is 0 Å². The average molecular weight is 526 g/mol. The number of nitrogens with one attached hydrogen (secondary N) is 2. The first-order valence-electron chi connectivity index (χ1n) is 14.0. The molecule has 3 aromatic rings. The minimum absolute atomic E-state index is 0.00258. The van der Waals surface area contributed by atoms with Gasteiger partial charge >= 0.3 is 5.97 Å². The van der Waals surface area contributed by atoms with Crippen LogP contribution in [-0.2, 0) is 20.7 Å². The smallest absolute Gasteiger partial charge is 0.312 e. The number of carbonyl (C=O) groups excluding carboxylic acids is 2. The fourth-order valence-corrected chi connectivity index (χ4v) is 5.14. The lowest BCUT2D eigenvalue weighted by Crippen LogP contribution is -2.53. The van der Waals surface area contributed by atoms with Gasteiger partial charge in [-0.1, -0.05) is 71.8 Å². The first kappa shape index (κ1) is 26.8. The summed E-state index contributed by atoms with van der Waals surface area (Å²) in [5.41, 5.74) is 7.01. The second-order valence-corrected chi connectivity index (χ2v) is 11.2. The van der Waals surface area contributed by atoms with Gasteiger partial charge in [0.05, 0.1) is 29.4 Å². The van der Waals surface area contributed by atoms with E-state index in [0.29, 0.717) is 19.0 Å². The molecule has 2 atom stereocenters. The van der Waals surface area contributed by atoms with E-state index in [4.69, 9.17) is 4.74 Å². The predicted octanol–water partition coefficient (Wildman–Crippen LogP) is 5.91. The van der Waals surface area contributed by atoms with Gasteiger partial charge in [-0.25, -0.2) is 0 Å². The molecule has 39 heavy (non-hydrogen) atoms. The molecule has 1 saturated heterocycles. The average Bonchev–Trinajstić information content (AvgIpc) is 3.73. The summed E-state index contributed by atoms with van der Waals surface area (Å²) >= 11 is 0. The quantitative estimate of drug-likeness (QED) is 0.305. The molecule has 1 amide bonds. The van der Waals surface area contributed by atoms with Crippen LogP contribution in [0, 0.1) is 25.7 Å². The van der Waals surface area contributed by atoms with Crippen LogP contribution >= 0.6 is 0 Å². The zero-order valence-corrected chi connectivity index (χ0v) is 23.2. The molecule has 1 aliphatic heterocycles. The number of amides is 1. The maximum absolute atomic E-state index is 12.7. The van der Waals surface area contributed by atoms with Crippen LogP contribution in [0.25, 0.3) is 0 Å². The van der Waals surface area contributed by atoms with Crippen molar-refractivity contribution in [1.29, 1.82) is 0 Å². The molecule has 1 heterocycles. The van der Waals surface area contributed by atoms with Crippen molar-refractivity contribution in [2.45, 2.75) is 52.1 Å². The molecule has 1 aliphatic carbocycles. The van der Waals surface area contributed by atoms with E-state index in [2.05, 4.69) is 91.2 Å². The molecular weight excluding hydrogens is 486 g/mol. The molecule has 5 rings (SSSR count). The number of para-hydroxylation sites is 2. The number of hydrogen-bond acceptors (Lipinski definition) is 5. The summed E-state index contributed by atoms with van der Waals surface area (Å²) in [7, 11) is 0. The topological polar surface area (TPSA) is 70.7 Å². The van der Waals surface area contributed by atoms with Gasteiger partial charge in [0.25, 0.3) is 0 Å². The van der Waals surface area contributed by atoms with Crippen molar-refractivity contribution in [2.24, 2.45) is 11.8 Å². The van der Waals surface area contributed by atoms with E-state index in [1.54, 1.807) is 4.90 Å². The number of esters is 1. The van der Waals surface area contributed by atoms with Gasteiger partial charge in [-0.2, -0.15) is 0 Å². The molecule has 6 nitrogen and oxygen atoms in total. The third-order valence-electron chi connectivity index (χ3n) is 7.82. The molecule has 2 fully saturated rings. The SMILES string of the molecule is CC(=O)N1CC(C(=O)OCC(Cc2ccc(C)cc2)Nc2ccccc2NC(c2ccc(C)cc2)C2CC2)C1. The summed E-state index contributed by atoms with van der Waals surface area (Å²) in [5.74, 6) is 0.152. The molecule has 3 aromatic carbocycles. The Balaban J connectivity index is 1.30. The van der Waals surface area contributed by atoms with Crippen molar-refractivity contribution in [2.75, 3.05) is 30.3 Å². The molecule has 0 radical (unpaired) electrons. The maximum Gasteiger partial charge on any atom is 0.312 e. The Kier molecular flexibility index (Phi) is 8.20. The number of hydrogen-bond donors (Lipinski definition) is 2. The van der Waals surface area contributed by atoms with Crippen molar-refractivity contribution < 1.29 is 14.3 Å². The molecule has 204 valence electrons. The number of nitrogens with zero attached hydrogens (tertiary/aromatic N) is 1. The Labute approximate surface area is 231 Å². The molecule has 2 aliphatic rings. The van der Waals surface area contributed by atoms with E-state index in [-0.39, 0.29) is 36.5 Å². The predicted molar refractivity (Wildman–Crippen MR) is 156 cm³/mol. The van der Waals surface area contributed by atoms with Crippen LogP contribution in [0.3, 0.4) is 0 Å². The summed E-state index contributed by atoms with van der Waals surface area (Å²) in [6.45, 7) is 6.87. The minimum Gasteiger partial charge on any atom is -0.463 e. The lowest BCUT2D eigenvalue weighted by atomic mass is 10.00. The van der Waals surface area contributed by atoms with Gasteiger partial charge in [-0.3, -0.25) is 9.59 Å². The van der Waals surface area contributed by atoms with Gasteiger partial charge in [0, 0.05) is 20.0 Å². The Morgan fingerprint density at radius 3 is 2.05 bits per heavy atom. The second kappa shape index (κ2) is 11.9. The summed E-state index contributed by atoms with van der Waals surface area (Å²) in [4.78, 5) is 25.9. The third kappa shape index (κ3) is 6.99. The van der Waals surface area contributed by atoms with Crippen LogP contribution in [-0.4, -0.2) is 42.5 Å². The Morgan fingerprint density at radius 2 is 1.46 bits per heavy atom. The normalized spacial score (nSPS) is 16.6. The molecule has 0 aromatic heterocycles. The Morgan fingerprint density at radius 1 is 0.872 bits per heavy atom. The van der Waals surface area contributed by atoms with Crippen molar-refractivity contribution >= 4 is 23.3 Å². The number of aryl methyl sites for hydroxylation is 2. The number of benzene rings is 3. The molecule has 0 bridgehead atoms. The molecular formula is C33H39N3O3. The summed E-state index contributed by atoms with van der Waals surface area (Å²) < 4.78 is 5.79. The fourth-order valence-electron chi connectivity index (χ4n) is 5.14. The summed E-state index contributed by atoms with van der Waals surface area (Å²) in [6, 6.07) is 25.7. The summed E-state index contributed by atoms with van der Waals surface area (Å²) in [5, 5.41) is 7.52. The molecule has 2 unspecified atom stereocenters. The number of ether oxygens (including phenoxy) is 1. The van der Waals surface area contributed by atoms with E-state index in [9.17, 15) is 9.59 Å². The Bertz CT molecular complexity index is 1280. The molecule has 1 saturated carbocycles. The van der Waals surface area contributed by atoms with E-state index >= 15 is 0 Å². The van der Waals surface area contributed by atoms with Crippen molar-refractivity contribution in [1.82, 2.24) is 4.90 Å². The number of likely N-dealkylation sites (tertiary alicyclic amines) is 1. The van der Waals surface area contributed by atoms with Gasteiger partial charge in [0.15, 0.2) is 0 Å². The summed E-state index contributed by atoms with van der Waals surface area (Å²) in [6.07, 6.45) is 3.18. The zero-order valence-electron chi connectivity index (χ0n) is 23.2. The van der Waals surface area contributed by atoms with Crippen LogP contribution in [0.4, 0.5) is 11.4 Å². The molecule has 2 N–H and O–H groups in total. The van der Waals surface area contributed by atoms with Crippen molar-refractivity contribution in [3.05, 3.63) is 95.1 Å². The zero-order chi connectivity index (χ0) is 27.4. The van der Waals surface area contributed by atoms with Gasteiger partial charge < -0.3 is 20.3 Å². The maximum atomic E-state index is 12.7. The second-order valence-electron chi connectivity index (χ2n) is 11.2. The van der Waals surface area contributed by atoms with Gasteiger partial charge in [-0.05, 0) is 62.3 Å². The lowest BCUT2D eigenvalue weighted by molar-refractivity contribution is -0.157. The lowest BCUT2D eigenvalue weighted by Gasteiger charge is -2.37. The molecule has 0 spiro atoms. The van der Waals surface area contributed by atoms with Crippen LogP contribution in [0.15, 0.2) is 72.8 Å². The highest BCUT2D eigenvalue weighted by atomic mass is 16.5. The van der Waals surface area contributed by atoms with Crippen LogP contribution in [0.1, 0.15) is 48.1 Å². The van der Waals surface area contributed by atoms with E-state index in [1.165, 1.54) is 42.0 Å². The number of rotatable bonds is 11. The number of anilines is 2. The van der Waals surface area contributed by atoms with Gasteiger partial charge in [0.2, 0.25) is 5.91 Å². The van der Waals surface area contributed by atoms with Crippen LogP contribution in [0.2, 0.25) is 0 Å². The van der Waals surface area contributed by atoms with E-state index in [1.807, 2.05) is 6.07 Å². The minimum atomic E-state index is -0.239.